The molecule has 1 aliphatic carbocycles. The van der Waals surface area contributed by atoms with Crippen molar-refractivity contribution in [2.45, 2.75) is 43.0 Å². The van der Waals surface area contributed by atoms with Gasteiger partial charge in [-0.25, -0.2) is 4.98 Å². The molecule has 1 unspecified atom stereocenters. The molecule has 0 saturated heterocycles. The van der Waals surface area contributed by atoms with E-state index < -0.39 is 5.25 Å². The molecule has 3 rings (SSSR count). The molecule has 6 heteroatoms. The van der Waals surface area contributed by atoms with Crippen LogP contribution in [0, 0.1) is 18.3 Å². The molecule has 5 nitrogen and oxygen atoms in total. The Morgan fingerprint density at radius 2 is 2.00 bits per heavy atom. The molecular formula is C20H19N3O2S. The van der Waals surface area contributed by atoms with Crippen molar-refractivity contribution in [3.8, 4) is 6.07 Å². The first-order chi connectivity index (χ1) is 12.5. The molecule has 1 saturated carbocycles. The molecule has 1 aliphatic rings. The number of amides is 1. The third-order valence-corrected chi connectivity index (χ3v) is 5.43. The van der Waals surface area contributed by atoms with Crippen LogP contribution in [0.2, 0.25) is 0 Å². The zero-order valence-electron chi connectivity index (χ0n) is 14.7. The topological polar surface area (TPSA) is 82.8 Å². The van der Waals surface area contributed by atoms with E-state index in [1.54, 1.807) is 13.0 Å². The molecule has 1 fully saturated rings. The van der Waals surface area contributed by atoms with Gasteiger partial charge in [0.2, 0.25) is 5.91 Å². The molecule has 1 aromatic carbocycles. The Labute approximate surface area is 156 Å². The van der Waals surface area contributed by atoms with Crippen molar-refractivity contribution in [1.82, 2.24) is 10.3 Å². The van der Waals surface area contributed by atoms with Gasteiger partial charge in [0, 0.05) is 17.3 Å². The quantitative estimate of drug-likeness (QED) is 0.625. The lowest BCUT2D eigenvalue weighted by molar-refractivity contribution is -0.120. The van der Waals surface area contributed by atoms with Gasteiger partial charge in [-0.3, -0.25) is 9.59 Å². The lowest BCUT2D eigenvalue weighted by Crippen LogP contribution is -2.29. The number of nitriles is 1. The lowest BCUT2D eigenvalue weighted by Gasteiger charge is -2.17. The number of Topliss-reactive ketones (excluding diaryl/α,β-unsaturated/α-hetero) is 1. The van der Waals surface area contributed by atoms with E-state index in [0.29, 0.717) is 21.8 Å². The van der Waals surface area contributed by atoms with Crippen LogP contribution in [-0.2, 0) is 4.79 Å². The predicted molar refractivity (Wildman–Crippen MR) is 99.9 cm³/mol. The Balaban J connectivity index is 1.96. The predicted octanol–water partition coefficient (Wildman–Crippen LogP) is 3.58. The number of carbonyl (C=O) groups is 2. The van der Waals surface area contributed by atoms with Crippen molar-refractivity contribution in [3.05, 3.63) is 58.8 Å². The highest BCUT2D eigenvalue weighted by atomic mass is 32.2. The largest absolute Gasteiger partial charge is 0.352 e. The fourth-order valence-electron chi connectivity index (χ4n) is 2.63. The van der Waals surface area contributed by atoms with Crippen LogP contribution in [0.5, 0.6) is 0 Å². The summed E-state index contributed by atoms with van der Waals surface area (Å²) in [6.45, 7) is 3.19. The summed E-state index contributed by atoms with van der Waals surface area (Å²) in [7, 11) is 0. The van der Waals surface area contributed by atoms with Crippen LogP contribution in [0.1, 0.15) is 52.2 Å². The fourth-order valence-corrected chi connectivity index (χ4v) is 3.74. The van der Waals surface area contributed by atoms with Crippen LogP contribution >= 0.6 is 11.8 Å². The van der Waals surface area contributed by atoms with Gasteiger partial charge in [0.1, 0.15) is 16.3 Å². The highest BCUT2D eigenvalue weighted by Crippen LogP contribution is 2.37. The number of nitrogens with one attached hydrogen (secondary N) is 1. The van der Waals surface area contributed by atoms with Crippen molar-refractivity contribution >= 4 is 23.5 Å². The molecule has 26 heavy (non-hydrogen) atoms. The molecule has 1 aromatic heterocycles. The summed E-state index contributed by atoms with van der Waals surface area (Å²) in [5.41, 5.74) is 2.17. The van der Waals surface area contributed by atoms with Crippen LogP contribution < -0.4 is 5.32 Å². The van der Waals surface area contributed by atoms with Gasteiger partial charge in [-0.2, -0.15) is 5.26 Å². The number of hydrogen-bond donors (Lipinski definition) is 1. The minimum absolute atomic E-state index is 0.0808. The standard InChI is InChI=1S/C20H19N3O2S/c1-12-17(13(2)24)10-15(11-21)20(22-12)26-18(14-6-4-3-5-7-14)19(25)23-16-8-9-16/h3-7,10,16,18H,8-9H2,1-2H3,(H,23,25). The molecule has 0 spiro atoms. The second-order valence-electron chi connectivity index (χ2n) is 6.33. The lowest BCUT2D eigenvalue weighted by atomic mass is 10.1. The van der Waals surface area contributed by atoms with E-state index in [0.717, 1.165) is 18.4 Å². The third kappa shape index (κ3) is 4.12. The number of carbonyl (C=O) groups excluding carboxylic acids is 2. The molecule has 1 atom stereocenters. The van der Waals surface area contributed by atoms with Gasteiger partial charge >= 0.3 is 0 Å². The molecule has 1 amide bonds. The maximum absolute atomic E-state index is 12.8. The SMILES string of the molecule is CC(=O)c1cc(C#N)c(SC(C(=O)NC2CC2)c2ccccc2)nc1C. The van der Waals surface area contributed by atoms with Gasteiger partial charge in [-0.15, -0.1) is 0 Å². The van der Waals surface area contributed by atoms with Crippen LogP contribution in [0.25, 0.3) is 0 Å². The Morgan fingerprint density at radius 1 is 1.31 bits per heavy atom. The number of hydrogen-bond acceptors (Lipinski definition) is 5. The number of pyridine rings is 1. The second-order valence-corrected chi connectivity index (χ2v) is 7.43. The zero-order valence-corrected chi connectivity index (χ0v) is 15.5. The fraction of sp³-hybridized carbons (Fsp3) is 0.300. The van der Waals surface area contributed by atoms with E-state index in [2.05, 4.69) is 16.4 Å². The molecule has 0 bridgehead atoms. The van der Waals surface area contributed by atoms with Crippen LogP contribution in [0.15, 0.2) is 41.4 Å². The van der Waals surface area contributed by atoms with E-state index >= 15 is 0 Å². The number of aryl methyl sites for hydroxylation is 1. The summed E-state index contributed by atoms with van der Waals surface area (Å²) in [6.07, 6.45) is 2.01. The number of ketones is 1. The van der Waals surface area contributed by atoms with E-state index in [4.69, 9.17) is 0 Å². The zero-order chi connectivity index (χ0) is 18.7. The summed E-state index contributed by atoms with van der Waals surface area (Å²) in [6, 6.07) is 13.4. The number of thioether (sulfide) groups is 1. The van der Waals surface area contributed by atoms with Crippen molar-refractivity contribution in [1.29, 1.82) is 5.26 Å². The summed E-state index contributed by atoms with van der Waals surface area (Å²) >= 11 is 1.25. The minimum atomic E-state index is -0.501. The maximum atomic E-state index is 12.8. The Morgan fingerprint density at radius 3 is 2.58 bits per heavy atom. The van der Waals surface area contributed by atoms with E-state index in [1.807, 2.05) is 30.3 Å². The van der Waals surface area contributed by atoms with E-state index in [1.165, 1.54) is 18.7 Å². The van der Waals surface area contributed by atoms with Crippen molar-refractivity contribution in [2.24, 2.45) is 0 Å². The Kier molecular flexibility index (Phi) is 5.38. The third-order valence-electron chi connectivity index (χ3n) is 4.17. The maximum Gasteiger partial charge on any atom is 0.238 e. The Bertz CT molecular complexity index is 886. The molecule has 132 valence electrons. The highest BCUT2D eigenvalue weighted by molar-refractivity contribution is 8.00. The van der Waals surface area contributed by atoms with Crippen molar-refractivity contribution < 1.29 is 9.59 Å². The first kappa shape index (κ1) is 18.2. The van der Waals surface area contributed by atoms with Crippen LogP contribution in [0.4, 0.5) is 0 Å². The van der Waals surface area contributed by atoms with Gasteiger partial charge in [0.15, 0.2) is 5.78 Å². The van der Waals surface area contributed by atoms with Gasteiger partial charge in [-0.1, -0.05) is 42.1 Å². The average molecular weight is 365 g/mol. The number of benzene rings is 1. The average Bonchev–Trinajstić information content (AvgIpc) is 3.44. The molecular weight excluding hydrogens is 346 g/mol. The highest BCUT2D eigenvalue weighted by Gasteiger charge is 2.30. The van der Waals surface area contributed by atoms with Crippen molar-refractivity contribution in [2.75, 3.05) is 0 Å². The summed E-state index contributed by atoms with van der Waals surface area (Å²) < 4.78 is 0. The molecule has 0 radical (unpaired) electrons. The van der Waals surface area contributed by atoms with Crippen molar-refractivity contribution in [3.63, 3.8) is 0 Å². The first-order valence-electron chi connectivity index (χ1n) is 8.44. The number of aromatic nitrogens is 1. The summed E-state index contributed by atoms with van der Waals surface area (Å²) in [4.78, 5) is 28.9. The van der Waals surface area contributed by atoms with Gasteiger partial charge in [0.05, 0.1) is 5.56 Å². The smallest absolute Gasteiger partial charge is 0.238 e. The van der Waals surface area contributed by atoms with E-state index in [9.17, 15) is 14.9 Å². The number of rotatable bonds is 6. The second kappa shape index (κ2) is 7.71. The minimum Gasteiger partial charge on any atom is -0.352 e. The molecule has 0 aliphatic heterocycles. The van der Waals surface area contributed by atoms with Crippen LogP contribution in [0.3, 0.4) is 0 Å². The van der Waals surface area contributed by atoms with Gasteiger partial charge in [0.25, 0.3) is 0 Å². The van der Waals surface area contributed by atoms with Crippen LogP contribution in [-0.4, -0.2) is 22.7 Å². The molecule has 2 aromatic rings. The number of nitrogens with zero attached hydrogens (tertiary/aromatic N) is 2. The monoisotopic (exact) mass is 365 g/mol. The van der Waals surface area contributed by atoms with Gasteiger partial charge < -0.3 is 5.32 Å². The summed E-state index contributed by atoms with van der Waals surface area (Å²) in [5.74, 6) is -0.211. The normalized spacial score (nSPS) is 14.3. The Hall–Kier alpha value is -2.65. The van der Waals surface area contributed by atoms with E-state index in [-0.39, 0.29) is 17.7 Å². The summed E-state index contributed by atoms with van der Waals surface area (Å²) in [5, 5.41) is 12.5. The molecule has 1 heterocycles. The molecule has 1 N–H and O–H groups in total. The first-order valence-corrected chi connectivity index (χ1v) is 9.32. The van der Waals surface area contributed by atoms with Gasteiger partial charge in [-0.05, 0) is 38.3 Å².